The third-order valence-corrected chi connectivity index (χ3v) is 4.18. The first-order chi connectivity index (χ1) is 12.0. The summed E-state index contributed by atoms with van der Waals surface area (Å²) in [5.74, 6) is 1.14. The molecule has 1 aromatic carbocycles. The van der Waals surface area contributed by atoms with Gasteiger partial charge in [0, 0.05) is 25.2 Å². The van der Waals surface area contributed by atoms with Crippen LogP contribution in [0, 0.1) is 0 Å². The normalized spacial score (nSPS) is 16.8. The average molecular weight is 347 g/mol. The fourth-order valence-corrected chi connectivity index (χ4v) is 2.85. The monoisotopic (exact) mass is 347 g/mol. The van der Waals surface area contributed by atoms with E-state index in [0.29, 0.717) is 37.6 Å². The van der Waals surface area contributed by atoms with Crippen LogP contribution in [0.1, 0.15) is 18.1 Å². The lowest BCUT2D eigenvalue weighted by Crippen LogP contribution is -2.58. The number of methoxy groups -OCH3 is 2. The third-order valence-electron chi connectivity index (χ3n) is 4.18. The van der Waals surface area contributed by atoms with Crippen LogP contribution in [0.2, 0.25) is 0 Å². The maximum absolute atomic E-state index is 12.4. The quantitative estimate of drug-likeness (QED) is 0.764. The highest BCUT2D eigenvalue weighted by molar-refractivity contribution is 5.87. The molecule has 0 aromatic heterocycles. The summed E-state index contributed by atoms with van der Waals surface area (Å²) in [6, 6.07) is 3.05. The van der Waals surface area contributed by atoms with Gasteiger partial charge in [-0.05, 0) is 31.0 Å². The molecule has 1 aromatic rings. The molecule has 2 N–H and O–H groups in total. The van der Waals surface area contributed by atoms with Crippen LogP contribution in [0.15, 0.2) is 24.8 Å². The summed E-state index contributed by atoms with van der Waals surface area (Å²) in [5, 5.41) is 5.60. The highest BCUT2D eigenvalue weighted by Crippen LogP contribution is 2.33. The Hall–Kier alpha value is -2.70. The molecule has 2 rings (SSSR count). The number of piperazine rings is 1. The second kappa shape index (κ2) is 8.41. The van der Waals surface area contributed by atoms with E-state index in [4.69, 9.17) is 9.47 Å². The predicted octanol–water partition coefficient (Wildman–Crippen LogP) is 1.46. The first-order valence-electron chi connectivity index (χ1n) is 8.18. The first kappa shape index (κ1) is 18.6. The fourth-order valence-electron chi connectivity index (χ4n) is 2.85. The second-order valence-corrected chi connectivity index (χ2v) is 5.80. The van der Waals surface area contributed by atoms with Gasteiger partial charge in [-0.3, -0.25) is 4.79 Å². The molecule has 1 atom stereocenters. The summed E-state index contributed by atoms with van der Waals surface area (Å²) in [4.78, 5) is 25.6. The van der Waals surface area contributed by atoms with E-state index in [9.17, 15) is 9.59 Å². The van der Waals surface area contributed by atoms with Crippen molar-refractivity contribution in [3.63, 3.8) is 0 Å². The van der Waals surface area contributed by atoms with Crippen molar-refractivity contribution in [1.29, 1.82) is 0 Å². The van der Waals surface area contributed by atoms with E-state index in [1.807, 2.05) is 12.1 Å². The molecule has 1 heterocycles. The van der Waals surface area contributed by atoms with Gasteiger partial charge in [0.25, 0.3) is 0 Å². The highest BCUT2D eigenvalue weighted by Gasteiger charge is 2.29. The zero-order chi connectivity index (χ0) is 18.4. The Balaban J connectivity index is 2.11. The molecule has 1 fully saturated rings. The van der Waals surface area contributed by atoms with Crippen LogP contribution >= 0.6 is 0 Å². The zero-order valence-electron chi connectivity index (χ0n) is 14.9. The Morgan fingerprint density at radius 2 is 2.20 bits per heavy atom. The molecular weight excluding hydrogens is 322 g/mol. The van der Waals surface area contributed by atoms with Gasteiger partial charge in [-0.1, -0.05) is 6.08 Å². The lowest BCUT2D eigenvalue weighted by Gasteiger charge is -2.32. The Labute approximate surface area is 148 Å². The number of hydrogen-bond donors (Lipinski definition) is 2. The van der Waals surface area contributed by atoms with E-state index in [1.54, 1.807) is 27.2 Å². The number of carbonyl (C=O) groups is 2. The van der Waals surface area contributed by atoms with Gasteiger partial charge in [-0.25, -0.2) is 4.79 Å². The number of hydrogen-bond acceptors (Lipinski definition) is 4. The Morgan fingerprint density at radius 3 is 2.84 bits per heavy atom. The summed E-state index contributed by atoms with van der Waals surface area (Å²) < 4.78 is 10.8. The van der Waals surface area contributed by atoms with Crippen LogP contribution < -0.4 is 20.1 Å². The molecule has 1 aliphatic heterocycles. The average Bonchev–Trinajstić information content (AvgIpc) is 2.61. The van der Waals surface area contributed by atoms with Crippen molar-refractivity contribution in [3.8, 4) is 11.5 Å². The van der Waals surface area contributed by atoms with Crippen LogP contribution in [-0.2, 0) is 17.8 Å². The second-order valence-electron chi connectivity index (χ2n) is 5.80. The minimum absolute atomic E-state index is 0.138. The first-order valence-corrected chi connectivity index (χ1v) is 8.18. The van der Waals surface area contributed by atoms with Crippen molar-refractivity contribution >= 4 is 11.9 Å². The van der Waals surface area contributed by atoms with Crippen LogP contribution in [0.5, 0.6) is 11.5 Å². The molecular formula is C18H25N3O4. The van der Waals surface area contributed by atoms with Crippen molar-refractivity contribution in [3.05, 3.63) is 35.9 Å². The number of benzene rings is 1. The number of allylic oxidation sites excluding steroid dienone is 1. The van der Waals surface area contributed by atoms with Gasteiger partial charge in [0.1, 0.15) is 6.04 Å². The van der Waals surface area contributed by atoms with Crippen molar-refractivity contribution in [2.24, 2.45) is 0 Å². The van der Waals surface area contributed by atoms with Crippen molar-refractivity contribution in [1.82, 2.24) is 15.5 Å². The molecule has 0 radical (unpaired) electrons. The summed E-state index contributed by atoms with van der Waals surface area (Å²) >= 11 is 0. The van der Waals surface area contributed by atoms with Crippen molar-refractivity contribution in [2.45, 2.75) is 25.9 Å². The van der Waals surface area contributed by atoms with Gasteiger partial charge in [-0.2, -0.15) is 0 Å². The van der Waals surface area contributed by atoms with Gasteiger partial charge >= 0.3 is 6.03 Å². The van der Waals surface area contributed by atoms with E-state index in [0.717, 1.165) is 11.1 Å². The number of nitrogens with one attached hydrogen (secondary N) is 2. The molecule has 1 saturated heterocycles. The summed E-state index contributed by atoms with van der Waals surface area (Å²) in [7, 11) is 3.17. The Bertz CT molecular complexity index is 660. The molecule has 25 heavy (non-hydrogen) atoms. The summed E-state index contributed by atoms with van der Waals surface area (Å²) in [6.45, 7) is 6.76. The molecule has 0 saturated carbocycles. The van der Waals surface area contributed by atoms with Gasteiger partial charge in [0.15, 0.2) is 11.5 Å². The smallest absolute Gasteiger partial charge is 0.318 e. The van der Waals surface area contributed by atoms with E-state index in [2.05, 4.69) is 17.2 Å². The molecule has 7 heteroatoms. The van der Waals surface area contributed by atoms with Gasteiger partial charge in [0.05, 0.1) is 14.2 Å². The van der Waals surface area contributed by atoms with Crippen LogP contribution in [0.4, 0.5) is 4.79 Å². The van der Waals surface area contributed by atoms with Gasteiger partial charge in [-0.15, -0.1) is 6.58 Å². The number of rotatable bonds is 6. The number of urea groups is 1. The standard InChI is InChI=1S/C18H25N3O4/c1-5-6-14-9-13(10-15(24-3)16(14)25-4)11-20-18(23)21-8-7-19-17(22)12(21)2/h5,9-10,12H,1,6-8,11H2,2-4H3,(H,19,22)(H,20,23)/t12-/m1/s1. The molecule has 0 unspecified atom stereocenters. The molecule has 1 aliphatic rings. The molecule has 0 bridgehead atoms. The molecule has 0 aliphatic carbocycles. The SMILES string of the molecule is C=CCc1cc(CNC(=O)N2CCNC(=O)[C@H]2C)cc(OC)c1OC. The predicted molar refractivity (Wildman–Crippen MR) is 94.9 cm³/mol. The highest BCUT2D eigenvalue weighted by atomic mass is 16.5. The largest absolute Gasteiger partial charge is 0.493 e. The lowest BCUT2D eigenvalue weighted by molar-refractivity contribution is -0.126. The van der Waals surface area contributed by atoms with Crippen LogP contribution in [0.3, 0.4) is 0 Å². The summed E-state index contributed by atoms with van der Waals surface area (Å²) in [6.07, 6.45) is 2.42. The maximum atomic E-state index is 12.4. The number of amides is 3. The molecule has 7 nitrogen and oxygen atoms in total. The van der Waals surface area contributed by atoms with E-state index < -0.39 is 6.04 Å². The topological polar surface area (TPSA) is 79.9 Å². The number of nitrogens with zero attached hydrogens (tertiary/aromatic N) is 1. The van der Waals surface area contributed by atoms with E-state index in [1.165, 1.54) is 4.90 Å². The fraction of sp³-hybridized carbons (Fsp3) is 0.444. The van der Waals surface area contributed by atoms with E-state index >= 15 is 0 Å². The lowest BCUT2D eigenvalue weighted by atomic mass is 10.1. The van der Waals surface area contributed by atoms with Crippen molar-refractivity contribution < 1.29 is 19.1 Å². The molecule has 0 spiro atoms. The number of carbonyl (C=O) groups excluding carboxylic acids is 2. The maximum Gasteiger partial charge on any atom is 0.318 e. The van der Waals surface area contributed by atoms with Crippen LogP contribution in [-0.4, -0.2) is 50.2 Å². The zero-order valence-corrected chi connectivity index (χ0v) is 14.9. The molecule has 3 amide bonds. The third kappa shape index (κ3) is 4.23. The molecule has 136 valence electrons. The minimum atomic E-state index is -0.476. The summed E-state index contributed by atoms with van der Waals surface area (Å²) in [5.41, 5.74) is 1.82. The van der Waals surface area contributed by atoms with Gasteiger partial charge in [0.2, 0.25) is 5.91 Å². The van der Waals surface area contributed by atoms with Gasteiger partial charge < -0.3 is 25.0 Å². The van der Waals surface area contributed by atoms with Crippen LogP contribution in [0.25, 0.3) is 0 Å². The minimum Gasteiger partial charge on any atom is -0.493 e. The van der Waals surface area contributed by atoms with E-state index in [-0.39, 0.29) is 11.9 Å². The van der Waals surface area contributed by atoms with Crippen molar-refractivity contribution in [2.75, 3.05) is 27.3 Å². The Kier molecular flexibility index (Phi) is 6.27. The number of ether oxygens (including phenoxy) is 2. The Morgan fingerprint density at radius 1 is 1.44 bits per heavy atom.